The maximum Gasteiger partial charge on any atom is 0.184 e. The lowest BCUT2D eigenvalue weighted by molar-refractivity contribution is -0.0690. The summed E-state index contributed by atoms with van der Waals surface area (Å²) in [6.07, 6.45) is 1.60. The zero-order chi connectivity index (χ0) is 20.6. The second-order valence-corrected chi connectivity index (χ2v) is 7.84. The molecule has 0 amide bonds. The number of hydrogen-bond acceptors (Lipinski definition) is 5. The predicted molar refractivity (Wildman–Crippen MR) is 115 cm³/mol. The first-order valence-corrected chi connectivity index (χ1v) is 10.0. The normalized spacial score (nSPS) is 22.3. The zero-order valence-electron chi connectivity index (χ0n) is 17.2. The molecule has 2 aromatic carbocycles. The van der Waals surface area contributed by atoms with Crippen molar-refractivity contribution in [1.29, 1.82) is 0 Å². The average molecular weight is 415 g/mol. The van der Waals surface area contributed by atoms with Crippen LogP contribution in [0.15, 0.2) is 36.4 Å². The third-order valence-corrected chi connectivity index (χ3v) is 6.03. The van der Waals surface area contributed by atoms with Gasteiger partial charge in [-0.15, -0.1) is 0 Å². The third kappa shape index (κ3) is 3.44. The van der Waals surface area contributed by atoms with Gasteiger partial charge in [-0.2, -0.15) is 0 Å². The lowest BCUT2D eigenvalue weighted by atomic mass is 9.90. The van der Waals surface area contributed by atoms with Crippen LogP contribution in [0.3, 0.4) is 0 Å². The molecule has 2 bridgehead atoms. The van der Waals surface area contributed by atoms with E-state index in [-0.39, 0.29) is 6.04 Å². The first-order chi connectivity index (χ1) is 14.0. The fourth-order valence-electron chi connectivity index (χ4n) is 4.18. The number of nitrogens with one attached hydrogen (secondary N) is 1. The van der Waals surface area contributed by atoms with Crippen LogP contribution in [0.2, 0.25) is 0 Å². The SMILES string of the molecule is COc1ccc(CCN2C(=S)N[C@H]3C[C@@]2(C)Oc2c(OC)cccc23)cc1OC. The fourth-order valence-corrected chi connectivity index (χ4v) is 4.60. The maximum atomic E-state index is 6.49. The molecule has 2 aliphatic heterocycles. The molecule has 1 N–H and O–H groups in total. The highest BCUT2D eigenvalue weighted by molar-refractivity contribution is 7.80. The van der Waals surface area contributed by atoms with E-state index in [2.05, 4.69) is 23.2 Å². The molecular formula is C22H26N2O4S. The van der Waals surface area contributed by atoms with Crippen LogP contribution >= 0.6 is 12.2 Å². The fraction of sp³-hybridized carbons (Fsp3) is 0.409. The van der Waals surface area contributed by atoms with Crippen molar-refractivity contribution in [3.05, 3.63) is 47.5 Å². The van der Waals surface area contributed by atoms with Crippen LogP contribution in [0, 0.1) is 0 Å². The van der Waals surface area contributed by atoms with Gasteiger partial charge in [0, 0.05) is 18.5 Å². The molecule has 7 heteroatoms. The van der Waals surface area contributed by atoms with Gasteiger partial charge in [-0.25, -0.2) is 0 Å². The Bertz CT molecular complexity index is 935. The van der Waals surface area contributed by atoms with Crippen LogP contribution in [0.1, 0.15) is 30.5 Å². The monoisotopic (exact) mass is 414 g/mol. The summed E-state index contributed by atoms with van der Waals surface area (Å²) in [6.45, 7) is 2.81. The maximum absolute atomic E-state index is 6.49. The molecule has 0 spiro atoms. The molecule has 2 heterocycles. The number of hydrogen-bond donors (Lipinski definition) is 1. The highest BCUT2D eigenvalue weighted by atomic mass is 32.1. The van der Waals surface area contributed by atoms with Gasteiger partial charge in [0.1, 0.15) is 0 Å². The van der Waals surface area contributed by atoms with E-state index in [0.29, 0.717) is 5.11 Å². The Morgan fingerprint density at radius 1 is 1.10 bits per heavy atom. The summed E-state index contributed by atoms with van der Waals surface area (Å²) in [6, 6.07) is 12.1. The van der Waals surface area contributed by atoms with E-state index in [1.54, 1.807) is 21.3 Å². The van der Waals surface area contributed by atoms with Crippen LogP contribution in [0.5, 0.6) is 23.0 Å². The summed E-state index contributed by atoms with van der Waals surface area (Å²) < 4.78 is 22.8. The lowest BCUT2D eigenvalue weighted by Crippen LogP contribution is -2.64. The van der Waals surface area contributed by atoms with E-state index in [0.717, 1.165) is 53.5 Å². The number of para-hydroxylation sites is 1. The van der Waals surface area contributed by atoms with Crippen molar-refractivity contribution in [3.8, 4) is 23.0 Å². The van der Waals surface area contributed by atoms with Crippen LogP contribution in [-0.4, -0.2) is 43.6 Å². The Kier molecular flexibility index (Phi) is 5.17. The molecule has 6 nitrogen and oxygen atoms in total. The zero-order valence-corrected chi connectivity index (χ0v) is 18.0. The Balaban J connectivity index is 1.57. The molecule has 2 aromatic rings. The highest BCUT2D eigenvalue weighted by Gasteiger charge is 2.48. The van der Waals surface area contributed by atoms with Gasteiger partial charge in [0.15, 0.2) is 33.8 Å². The van der Waals surface area contributed by atoms with Crippen LogP contribution in [-0.2, 0) is 6.42 Å². The van der Waals surface area contributed by atoms with Gasteiger partial charge in [0.25, 0.3) is 0 Å². The van der Waals surface area contributed by atoms with E-state index >= 15 is 0 Å². The number of benzene rings is 2. The number of nitrogens with zero attached hydrogens (tertiary/aromatic N) is 1. The summed E-state index contributed by atoms with van der Waals surface area (Å²) in [5, 5.41) is 4.19. The summed E-state index contributed by atoms with van der Waals surface area (Å²) in [7, 11) is 4.95. The molecule has 29 heavy (non-hydrogen) atoms. The van der Waals surface area contributed by atoms with Gasteiger partial charge in [-0.05, 0) is 49.3 Å². The van der Waals surface area contributed by atoms with Crippen molar-refractivity contribution in [3.63, 3.8) is 0 Å². The van der Waals surface area contributed by atoms with Gasteiger partial charge >= 0.3 is 0 Å². The van der Waals surface area contributed by atoms with Crippen molar-refractivity contribution in [2.45, 2.75) is 31.5 Å². The van der Waals surface area contributed by atoms with Gasteiger partial charge in [-0.1, -0.05) is 18.2 Å². The second-order valence-electron chi connectivity index (χ2n) is 7.45. The second kappa shape index (κ2) is 7.63. The van der Waals surface area contributed by atoms with E-state index in [4.69, 9.17) is 31.2 Å². The van der Waals surface area contributed by atoms with Crippen LogP contribution in [0.4, 0.5) is 0 Å². The first kappa shape index (κ1) is 19.6. The average Bonchev–Trinajstić information content (AvgIpc) is 2.72. The van der Waals surface area contributed by atoms with Gasteiger partial charge in [0.05, 0.1) is 27.4 Å². The Morgan fingerprint density at radius 3 is 2.59 bits per heavy atom. The number of ether oxygens (including phenoxy) is 4. The van der Waals surface area contributed by atoms with Crippen molar-refractivity contribution < 1.29 is 18.9 Å². The van der Waals surface area contributed by atoms with E-state index in [1.807, 2.05) is 30.3 Å². The van der Waals surface area contributed by atoms with Gasteiger partial charge in [0.2, 0.25) is 0 Å². The molecule has 0 saturated carbocycles. The summed E-state index contributed by atoms with van der Waals surface area (Å²) >= 11 is 5.71. The quantitative estimate of drug-likeness (QED) is 0.724. The van der Waals surface area contributed by atoms with E-state index in [1.165, 1.54) is 0 Å². The topological polar surface area (TPSA) is 52.2 Å². The molecule has 0 aliphatic carbocycles. The lowest BCUT2D eigenvalue weighted by Gasteiger charge is -2.52. The number of methoxy groups -OCH3 is 3. The smallest absolute Gasteiger partial charge is 0.184 e. The molecule has 154 valence electrons. The number of thiocarbonyl (C=S) groups is 1. The molecule has 0 aromatic heterocycles. The molecule has 2 atom stereocenters. The van der Waals surface area contributed by atoms with Crippen molar-refractivity contribution >= 4 is 17.3 Å². The minimum atomic E-state index is -0.537. The minimum Gasteiger partial charge on any atom is -0.493 e. The standard InChI is InChI=1S/C22H26N2O4S/c1-22-13-16(15-6-5-7-18(26-3)20(15)28-22)23-21(29)24(22)11-10-14-8-9-17(25-2)19(12-14)27-4/h5-9,12,16H,10-11,13H2,1-4H3,(H,23,29)/t16-,22+/m0/s1. The molecule has 0 radical (unpaired) electrons. The number of rotatable bonds is 6. The Hall–Kier alpha value is -2.67. The number of fused-ring (bicyclic) bond motifs is 4. The molecular weight excluding hydrogens is 388 g/mol. The third-order valence-electron chi connectivity index (χ3n) is 5.70. The predicted octanol–water partition coefficient (Wildman–Crippen LogP) is 3.69. The van der Waals surface area contributed by atoms with E-state index < -0.39 is 5.72 Å². The summed E-state index contributed by atoms with van der Waals surface area (Å²) in [5.74, 6) is 2.98. The van der Waals surface area contributed by atoms with Gasteiger partial charge in [-0.3, -0.25) is 0 Å². The molecule has 1 saturated heterocycles. The van der Waals surface area contributed by atoms with Crippen molar-refractivity contribution in [2.75, 3.05) is 27.9 Å². The molecule has 0 unspecified atom stereocenters. The van der Waals surface area contributed by atoms with Crippen molar-refractivity contribution in [1.82, 2.24) is 10.2 Å². The van der Waals surface area contributed by atoms with Crippen LogP contribution < -0.4 is 24.3 Å². The van der Waals surface area contributed by atoms with Gasteiger partial charge < -0.3 is 29.2 Å². The molecule has 1 fully saturated rings. The Labute approximate surface area is 176 Å². The highest BCUT2D eigenvalue weighted by Crippen LogP contribution is 2.48. The Morgan fingerprint density at radius 2 is 1.86 bits per heavy atom. The minimum absolute atomic E-state index is 0.115. The summed E-state index contributed by atoms with van der Waals surface area (Å²) in [4.78, 5) is 2.13. The van der Waals surface area contributed by atoms with Crippen LogP contribution in [0.25, 0.3) is 0 Å². The van der Waals surface area contributed by atoms with E-state index in [9.17, 15) is 0 Å². The first-order valence-electron chi connectivity index (χ1n) is 9.64. The summed E-state index contributed by atoms with van der Waals surface area (Å²) in [5.41, 5.74) is 1.69. The largest absolute Gasteiger partial charge is 0.493 e. The molecule has 2 aliphatic rings. The van der Waals surface area contributed by atoms with Crippen molar-refractivity contribution in [2.24, 2.45) is 0 Å². The molecule has 4 rings (SSSR count).